The minimum absolute atomic E-state index is 0.0234. The zero-order valence-electron chi connectivity index (χ0n) is 17.2. The lowest BCUT2D eigenvalue weighted by atomic mass is 10.1. The number of carbonyl (C=O) groups is 4. The molecule has 0 saturated heterocycles. The van der Waals surface area contributed by atoms with Gasteiger partial charge in [-0.05, 0) is 24.3 Å². The lowest BCUT2D eigenvalue weighted by Crippen LogP contribution is -2.27. The van der Waals surface area contributed by atoms with Crippen LogP contribution in [0.4, 0.5) is 0 Å². The van der Waals surface area contributed by atoms with Crippen LogP contribution >= 0.6 is 0 Å². The third-order valence-corrected chi connectivity index (χ3v) is 3.30. The zero-order chi connectivity index (χ0) is 23.6. The molecule has 0 fully saturated rings. The summed E-state index contributed by atoms with van der Waals surface area (Å²) >= 11 is 0. The molecule has 0 heterocycles. The molecule has 1 rings (SSSR count). The second-order valence-electron chi connectivity index (χ2n) is 5.52. The average Bonchev–Trinajstić information content (AvgIpc) is 2.82. The van der Waals surface area contributed by atoms with Gasteiger partial charge in [0.15, 0.2) is 13.6 Å². The molecule has 2 N–H and O–H groups in total. The Balaban J connectivity index is 2.18. The molecule has 0 aliphatic carbocycles. The zero-order valence-corrected chi connectivity index (χ0v) is 17.2. The van der Waals surface area contributed by atoms with E-state index in [4.69, 9.17) is 19.1 Å². The molecule has 174 valence electrons. The number of hydrogen-bond donors (Lipinski definition) is 2. The van der Waals surface area contributed by atoms with Gasteiger partial charge >= 0.3 is 11.9 Å². The molecule has 0 aromatic heterocycles. The maximum absolute atomic E-state index is 12.0. The standard InChI is InChI=1S/C20H24N2O10/c1-3-17(23)29-13-27-9-11-31-21-19(25)15-5-7-16(8-6-15)20(26)22-32-12-10-28-14-30-18(24)4-2/h3-8H,1-2,9-14H2,(H,21,25)(H,22,26). The van der Waals surface area contributed by atoms with Crippen molar-refractivity contribution in [2.24, 2.45) is 0 Å². The van der Waals surface area contributed by atoms with Crippen LogP contribution in [-0.4, -0.2) is 63.8 Å². The van der Waals surface area contributed by atoms with Gasteiger partial charge in [0.05, 0.1) is 26.4 Å². The highest BCUT2D eigenvalue weighted by Gasteiger charge is 2.09. The summed E-state index contributed by atoms with van der Waals surface area (Å²) < 4.78 is 19.1. The normalized spacial score (nSPS) is 10.0. The number of rotatable bonds is 16. The van der Waals surface area contributed by atoms with Crippen molar-refractivity contribution in [3.05, 3.63) is 60.7 Å². The first kappa shape index (κ1) is 26.5. The van der Waals surface area contributed by atoms with Gasteiger partial charge in [0.2, 0.25) is 0 Å². The van der Waals surface area contributed by atoms with Gasteiger partial charge in [-0.2, -0.15) is 0 Å². The van der Waals surface area contributed by atoms with E-state index in [1.165, 1.54) is 24.3 Å². The number of hydroxylamine groups is 2. The van der Waals surface area contributed by atoms with Crippen molar-refractivity contribution in [3.63, 3.8) is 0 Å². The number of amides is 2. The Morgan fingerprint density at radius 2 is 1.06 bits per heavy atom. The highest BCUT2D eigenvalue weighted by Crippen LogP contribution is 2.04. The molecule has 12 nitrogen and oxygen atoms in total. The minimum atomic E-state index is -0.610. The van der Waals surface area contributed by atoms with E-state index in [-0.39, 0.29) is 51.1 Å². The number of ether oxygens (including phenoxy) is 4. The SMILES string of the molecule is C=CC(=O)OCOCCONC(=O)c1ccc(C(=O)NOCCOCOC(=O)C=C)cc1. The van der Waals surface area contributed by atoms with E-state index in [0.717, 1.165) is 12.2 Å². The molecular formula is C20H24N2O10. The van der Waals surface area contributed by atoms with E-state index < -0.39 is 23.8 Å². The number of nitrogens with one attached hydrogen (secondary N) is 2. The van der Waals surface area contributed by atoms with E-state index in [1.54, 1.807) is 0 Å². The minimum Gasteiger partial charge on any atom is -0.435 e. The van der Waals surface area contributed by atoms with Crippen LogP contribution in [0.1, 0.15) is 20.7 Å². The van der Waals surface area contributed by atoms with Gasteiger partial charge in [-0.15, -0.1) is 0 Å². The average molecular weight is 452 g/mol. The Labute approximate surface area is 183 Å². The molecule has 0 radical (unpaired) electrons. The molecule has 1 aromatic rings. The molecular weight excluding hydrogens is 428 g/mol. The van der Waals surface area contributed by atoms with E-state index in [1.807, 2.05) is 0 Å². The fraction of sp³-hybridized carbons (Fsp3) is 0.300. The number of esters is 2. The molecule has 1 aromatic carbocycles. The predicted octanol–water partition coefficient (Wildman–Crippen LogP) is 0.416. The Morgan fingerprint density at radius 1 is 0.688 bits per heavy atom. The van der Waals surface area contributed by atoms with Gasteiger partial charge in [-0.25, -0.2) is 20.5 Å². The van der Waals surface area contributed by atoms with Crippen LogP contribution in [0.25, 0.3) is 0 Å². The van der Waals surface area contributed by atoms with E-state index in [0.29, 0.717) is 0 Å². The van der Waals surface area contributed by atoms with Crippen LogP contribution in [-0.2, 0) is 38.2 Å². The fourth-order valence-electron chi connectivity index (χ4n) is 1.76. The molecule has 0 bridgehead atoms. The summed E-state index contributed by atoms with van der Waals surface area (Å²) in [6, 6.07) is 5.71. The first-order valence-electron chi connectivity index (χ1n) is 9.16. The number of benzene rings is 1. The molecule has 0 saturated carbocycles. The quantitative estimate of drug-likeness (QED) is 0.119. The van der Waals surface area contributed by atoms with Crippen molar-refractivity contribution in [2.45, 2.75) is 0 Å². The Bertz CT molecular complexity index is 714. The van der Waals surface area contributed by atoms with Gasteiger partial charge in [0.25, 0.3) is 11.8 Å². The first-order chi connectivity index (χ1) is 15.5. The fourth-order valence-corrected chi connectivity index (χ4v) is 1.76. The van der Waals surface area contributed by atoms with Gasteiger partial charge < -0.3 is 18.9 Å². The van der Waals surface area contributed by atoms with Crippen molar-refractivity contribution in [1.82, 2.24) is 11.0 Å². The molecule has 12 heteroatoms. The summed E-state index contributed by atoms with van der Waals surface area (Å²) in [6.07, 6.45) is 2.01. The third kappa shape index (κ3) is 11.6. The highest BCUT2D eigenvalue weighted by atomic mass is 16.7. The largest absolute Gasteiger partial charge is 0.435 e. The molecule has 0 unspecified atom stereocenters. The third-order valence-electron chi connectivity index (χ3n) is 3.30. The maximum Gasteiger partial charge on any atom is 0.332 e. The summed E-state index contributed by atoms with van der Waals surface area (Å²) in [5.74, 6) is -2.28. The predicted molar refractivity (Wildman–Crippen MR) is 107 cm³/mol. The molecule has 0 spiro atoms. The second kappa shape index (κ2) is 16.2. The van der Waals surface area contributed by atoms with Crippen LogP contribution in [0.2, 0.25) is 0 Å². The summed E-state index contributed by atoms with van der Waals surface area (Å²) in [5, 5.41) is 0. The monoisotopic (exact) mass is 452 g/mol. The molecule has 0 atom stereocenters. The van der Waals surface area contributed by atoms with Gasteiger partial charge in [0.1, 0.15) is 0 Å². The maximum atomic E-state index is 12.0. The lowest BCUT2D eigenvalue weighted by molar-refractivity contribution is -0.152. The highest BCUT2D eigenvalue weighted by molar-refractivity contribution is 5.97. The van der Waals surface area contributed by atoms with Crippen molar-refractivity contribution < 1.29 is 47.8 Å². The van der Waals surface area contributed by atoms with Crippen LogP contribution in [0.15, 0.2) is 49.6 Å². The van der Waals surface area contributed by atoms with Gasteiger partial charge in [-0.3, -0.25) is 19.3 Å². The Hall–Kier alpha value is -3.58. The van der Waals surface area contributed by atoms with Crippen molar-refractivity contribution in [1.29, 1.82) is 0 Å². The van der Waals surface area contributed by atoms with Crippen LogP contribution in [0.3, 0.4) is 0 Å². The molecule has 2 amide bonds. The number of carbonyl (C=O) groups excluding carboxylic acids is 4. The summed E-state index contributed by atoms with van der Waals surface area (Å²) in [5.41, 5.74) is 4.93. The van der Waals surface area contributed by atoms with E-state index >= 15 is 0 Å². The summed E-state index contributed by atoms with van der Waals surface area (Å²) in [6.45, 7) is 6.16. The number of hydrogen-bond acceptors (Lipinski definition) is 10. The molecule has 0 aliphatic rings. The van der Waals surface area contributed by atoms with Crippen LogP contribution in [0.5, 0.6) is 0 Å². The lowest BCUT2D eigenvalue weighted by Gasteiger charge is -2.08. The van der Waals surface area contributed by atoms with Crippen LogP contribution < -0.4 is 11.0 Å². The van der Waals surface area contributed by atoms with E-state index in [2.05, 4.69) is 33.6 Å². The first-order valence-corrected chi connectivity index (χ1v) is 9.16. The Kier molecular flexibility index (Phi) is 13.4. The molecule has 32 heavy (non-hydrogen) atoms. The van der Waals surface area contributed by atoms with Gasteiger partial charge in [-0.1, -0.05) is 13.2 Å². The molecule has 0 aliphatic heterocycles. The smallest absolute Gasteiger partial charge is 0.332 e. The topological polar surface area (TPSA) is 148 Å². The van der Waals surface area contributed by atoms with Crippen molar-refractivity contribution in [3.8, 4) is 0 Å². The second-order valence-corrected chi connectivity index (χ2v) is 5.52. The van der Waals surface area contributed by atoms with Crippen molar-refractivity contribution >= 4 is 23.8 Å². The Morgan fingerprint density at radius 3 is 1.41 bits per heavy atom. The van der Waals surface area contributed by atoms with Crippen molar-refractivity contribution in [2.75, 3.05) is 40.0 Å². The summed E-state index contributed by atoms with van der Waals surface area (Å²) in [7, 11) is 0. The summed E-state index contributed by atoms with van der Waals surface area (Å²) in [4.78, 5) is 55.4. The van der Waals surface area contributed by atoms with Gasteiger partial charge in [0, 0.05) is 23.3 Å². The van der Waals surface area contributed by atoms with Crippen LogP contribution in [0, 0.1) is 0 Å². The van der Waals surface area contributed by atoms with E-state index in [9.17, 15) is 19.2 Å².